The molecular weight excluding hydrogens is 982 g/mol. The van der Waals surface area contributed by atoms with Crippen LogP contribution in [-0.2, 0) is 52.2 Å². The van der Waals surface area contributed by atoms with Crippen LogP contribution in [0.3, 0.4) is 0 Å². The van der Waals surface area contributed by atoms with Gasteiger partial charge in [0.15, 0.2) is 31.5 Å². The van der Waals surface area contributed by atoms with Crippen LogP contribution in [0.2, 0.25) is 0 Å². The Labute approximate surface area is 410 Å². The normalized spacial score (nSPS) is 49.4. The zero-order valence-corrected chi connectivity index (χ0v) is 39.2. The molecule has 5 aliphatic heterocycles. The number of hydrogen-bond acceptors (Lipinski definition) is 30. The van der Waals surface area contributed by atoms with E-state index in [9.17, 15) is 96.7 Å². The fourth-order valence-electron chi connectivity index (χ4n) is 9.34. The van der Waals surface area contributed by atoms with E-state index in [4.69, 9.17) is 47.4 Å². The van der Waals surface area contributed by atoms with Crippen LogP contribution in [0.5, 0.6) is 0 Å². The number of carbonyl (C=O) groups is 1. The van der Waals surface area contributed by atoms with Crippen LogP contribution in [0, 0.1) is 5.92 Å². The van der Waals surface area contributed by atoms with Crippen LogP contribution in [0.25, 0.3) is 0 Å². The van der Waals surface area contributed by atoms with Crippen molar-refractivity contribution in [2.75, 3.05) is 33.0 Å². The Balaban J connectivity index is 1.13. The highest BCUT2D eigenvalue weighted by atomic mass is 16.8. The molecular formula is C42H71NO29. The molecule has 5 heterocycles. The molecule has 0 aromatic heterocycles. The summed E-state index contributed by atoms with van der Waals surface area (Å²) >= 11 is 0. The summed E-state index contributed by atoms with van der Waals surface area (Å²) in [5.74, 6) is -0.902. The van der Waals surface area contributed by atoms with Crippen molar-refractivity contribution in [3.8, 4) is 0 Å². The Hall–Kier alpha value is -1.91. The van der Waals surface area contributed by atoms with E-state index < -0.39 is 217 Å². The molecule has 29 atom stereocenters. The molecule has 6 aliphatic rings. The van der Waals surface area contributed by atoms with Gasteiger partial charge in [-0.15, -0.1) is 0 Å². The summed E-state index contributed by atoms with van der Waals surface area (Å²) in [6.45, 7) is 0.669. The van der Waals surface area contributed by atoms with Gasteiger partial charge >= 0.3 is 5.97 Å². The molecule has 6 rings (SSSR count). The zero-order chi connectivity index (χ0) is 53.2. The van der Waals surface area contributed by atoms with E-state index in [1.54, 1.807) is 13.8 Å². The Kier molecular flexibility index (Phi) is 21.0. The summed E-state index contributed by atoms with van der Waals surface area (Å²) in [4.78, 5) is 12.7. The standard InChI is InChI=1S/C42H71NO29/c1-11(2)4-19(48)63-10-18-37(72-39-30(58)23(51)20(12(3)64-39)43-14-5-13(6-44)21(49)24(52)22(14)50)28(56)33(61)42(68-18)71-36-17(9-47)67-41(32(60)27(36)55)70-35-16(8-46)66-40(31(59)26(35)54)69-34-15(7-45)65-38(62)29(57)25(34)53/h5,11-12,14-18,20-47,49-62H,4,6-10H2,1-3H3. The maximum atomic E-state index is 12.7. The van der Waals surface area contributed by atoms with Crippen molar-refractivity contribution in [3.05, 3.63) is 11.6 Å². The first-order valence-corrected chi connectivity index (χ1v) is 23.5. The molecule has 0 saturated carbocycles. The molecule has 72 heavy (non-hydrogen) atoms. The Morgan fingerprint density at radius 2 is 0.931 bits per heavy atom. The van der Waals surface area contributed by atoms with Crippen molar-refractivity contribution in [1.82, 2.24) is 5.32 Å². The minimum Gasteiger partial charge on any atom is -0.463 e. The van der Waals surface area contributed by atoms with Gasteiger partial charge in [0.05, 0.1) is 44.6 Å². The predicted molar refractivity (Wildman–Crippen MR) is 226 cm³/mol. The molecule has 0 aromatic carbocycles. The van der Waals surface area contributed by atoms with Crippen molar-refractivity contribution >= 4 is 5.97 Å². The first-order chi connectivity index (χ1) is 34.0. The third-order valence-corrected chi connectivity index (χ3v) is 13.5. The van der Waals surface area contributed by atoms with E-state index in [-0.39, 0.29) is 17.9 Å². The van der Waals surface area contributed by atoms with E-state index >= 15 is 0 Å². The highest BCUT2D eigenvalue weighted by molar-refractivity contribution is 5.69. The van der Waals surface area contributed by atoms with Gasteiger partial charge in [-0.1, -0.05) is 19.9 Å². The van der Waals surface area contributed by atoms with Crippen molar-refractivity contribution in [2.24, 2.45) is 5.92 Å². The van der Waals surface area contributed by atoms with E-state index in [1.807, 2.05) is 0 Å². The molecule has 0 aromatic rings. The first kappa shape index (κ1) is 59.3. The fraction of sp³-hybridized carbons (Fsp3) is 0.929. The van der Waals surface area contributed by atoms with Gasteiger partial charge in [-0.05, 0) is 18.4 Å². The average molecular weight is 1050 g/mol. The summed E-state index contributed by atoms with van der Waals surface area (Å²) in [6, 6.07) is -2.36. The summed E-state index contributed by atoms with van der Waals surface area (Å²) in [7, 11) is 0. The first-order valence-electron chi connectivity index (χ1n) is 23.5. The molecule has 0 radical (unpaired) electrons. The molecule has 1 aliphatic carbocycles. The Morgan fingerprint density at radius 1 is 0.528 bits per heavy atom. The Bertz CT molecular complexity index is 1730. The molecule has 5 saturated heterocycles. The van der Waals surface area contributed by atoms with Gasteiger partial charge in [0.25, 0.3) is 0 Å². The molecule has 5 fully saturated rings. The van der Waals surface area contributed by atoms with Gasteiger partial charge in [0.1, 0.15) is 135 Å². The number of rotatable bonds is 18. The zero-order valence-electron chi connectivity index (χ0n) is 39.2. The number of esters is 1. The highest BCUT2D eigenvalue weighted by Gasteiger charge is 2.57. The third-order valence-electron chi connectivity index (χ3n) is 13.5. The minimum absolute atomic E-state index is 0.0301. The quantitative estimate of drug-likeness (QED) is 0.0448. The molecule has 0 bridgehead atoms. The van der Waals surface area contributed by atoms with Gasteiger partial charge < -0.3 is 145 Å². The lowest BCUT2D eigenvalue weighted by Crippen LogP contribution is -2.69. The molecule has 29 unspecified atom stereocenters. The molecule has 0 amide bonds. The minimum atomic E-state index is -2.17. The van der Waals surface area contributed by atoms with Gasteiger partial charge in [-0.25, -0.2) is 0 Å². The lowest BCUT2D eigenvalue weighted by molar-refractivity contribution is -0.391. The summed E-state index contributed by atoms with van der Waals surface area (Å²) in [5, 5.41) is 195. The summed E-state index contributed by atoms with van der Waals surface area (Å²) < 4.78 is 56.5. The molecule has 19 N–H and O–H groups in total. The number of ether oxygens (including phenoxy) is 10. The second kappa shape index (κ2) is 25.5. The number of aliphatic hydroxyl groups is 18. The topological polar surface area (TPSA) is 486 Å². The lowest BCUT2D eigenvalue weighted by Gasteiger charge is -2.49. The highest BCUT2D eigenvalue weighted by Crippen LogP contribution is 2.36. The van der Waals surface area contributed by atoms with Crippen LogP contribution < -0.4 is 5.32 Å². The summed E-state index contributed by atoms with van der Waals surface area (Å²) in [5.41, 5.74) is -0.0301. The number of hydrogen-bond donors (Lipinski definition) is 19. The molecule has 30 nitrogen and oxygen atoms in total. The molecule has 418 valence electrons. The maximum Gasteiger partial charge on any atom is 0.306 e. The monoisotopic (exact) mass is 1050 g/mol. The van der Waals surface area contributed by atoms with Crippen LogP contribution in [0.4, 0.5) is 0 Å². The van der Waals surface area contributed by atoms with Crippen molar-refractivity contribution in [3.63, 3.8) is 0 Å². The van der Waals surface area contributed by atoms with Crippen LogP contribution in [0.1, 0.15) is 27.2 Å². The largest absolute Gasteiger partial charge is 0.463 e. The number of aliphatic hydroxyl groups excluding tert-OH is 18. The predicted octanol–water partition coefficient (Wildman–Crippen LogP) is -11.3. The van der Waals surface area contributed by atoms with E-state index in [0.29, 0.717) is 0 Å². The van der Waals surface area contributed by atoms with Gasteiger partial charge in [-0.2, -0.15) is 0 Å². The van der Waals surface area contributed by atoms with Crippen LogP contribution in [0.15, 0.2) is 11.6 Å². The number of carbonyl (C=O) groups excluding carboxylic acids is 1. The number of nitrogens with one attached hydrogen (secondary N) is 1. The van der Waals surface area contributed by atoms with Crippen molar-refractivity contribution < 1.29 is 144 Å². The second-order valence-corrected chi connectivity index (χ2v) is 19.1. The van der Waals surface area contributed by atoms with E-state index in [2.05, 4.69) is 5.32 Å². The van der Waals surface area contributed by atoms with Crippen LogP contribution in [-0.4, -0.2) is 309 Å². The van der Waals surface area contributed by atoms with Crippen molar-refractivity contribution in [1.29, 1.82) is 0 Å². The average Bonchev–Trinajstić information content (AvgIpc) is 3.34. The molecule has 0 spiro atoms. The smallest absolute Gasteiger partial charge is 0.306 e. The van der Waals surface area contributed by atoms with Gasteiger partial charge in [0.2, 0.25) is 0 Å². The second-order valence-electron chi connectivity index (χ2n) is 19.1. The summed E-state index contributed by atoms with van der Waals surface area (Å²) in [6.07, 6.45) is -48.2. The van der Waals surface area contributed by atoms with Gasteiger partial charge in [0, 0.05) is 6.42 Å². The lowest BCUT2D eigenvalue weighted by atomic mass is 9.86. The van der Waals surface area contributed by atoms with E-state index in [1.165, 1.54) is 13.0 Å². The third kappa shape index (κ3) is 12.7. The SMILES string of the molecule is CC(C)CC(=O)OCC1OC(OC2C(CO)OC(OC3C(CO)OC(OC4C(CO)OC(O)C(O)C4O)C(O)C3O)C(O)C2O)C(O)C(O)C1OC1OC(C)C(NC2C=C(CO)C(O)C(O)C2O)C(O)C1O. The van der Waals surface area contributed by atoms with Gasteiger partial charge in [-0.3, -0.25) is 4.79 Å². The fourth-order valence-corrected chi connectivity index (χ4v) is 9.34. The Morgan fingerprint density at radius 3 is 1.38 bits per heavy atom. The van der Waals surface area contributed by atoms with E-state index in [0.717, 1.165) is 0 Å². The molecule has 30 heteroatoms. The maximum absolute atomic E-state index is 12.7. The van der Waals surface area contributed by atoms with Crippen molar-refractivity contribution in [2.45, 2.75) is 205 Å². The van der Waals surface area contributed by atoms with Crippen LogP contribution >= 0.6 is 0 Å².